The largest absolute Gasteiger partial charge is 0.409 e. The lowest BCUT2D eigenvalue weighted by atomic mass is 10.1. The number of hydrogen-bond acceptors (Lipinski definition) is 7. The summed E-state index contributed by atoms with van der Waals surface area (Å²) in [7, 11) is 0. The van der Waals surface area contributed by atoms with Crippen LogP contribution in [0.1, 0.15) is 24.1 Å². The van der Waals surface area contributed by atoms with Crippen molar-refractivity contribution in [2.45, 2.75) is 24.7 Å². The molecular formula is C27H23N5O3S. The predicted molar refractivity (Wildman–Crippen MR) is 139 cm³/mol. The third-order valence-corrected chi connectivity index (χ3v) is 6.47. The van der Waals surface area contributed by atoms with Gasteiger partial charge in [-0.3, -0.25) is 9.59 Å². The van der Waals surface area contributed by atoms with E-state index in [1.165, 1.54) is 4.68 Å². The fourth-order valence-corrected chi connectivity index (χ4v) is 4.43. The van der Waals surface area contributed by atoms with Crippen molar-refractivity contribution in [3.05, 3.63) is 106 Å². The first-order valence-electron chi connectivity index (χ1n) is 11.4. The van der Waals surface area contributed by atoms with Crippen molar-refractivity contribution in [3.63, 3.8) is 0 Å². The van der Waals surface area contributed by atoms with Crippen molar-refractivity contribution >= 4 is 28.4 Å². The second kappa shape index (κ2) is 10.6. The van der Waals surface area contributed by atoms with Crippen LogP contribution in [-0.2, 0) is 11.3 Å². The van der Waals surface area contributed by atoms with E-state index in [4.69, 9.17) is 4.42 Å². The average Bonchev–Trinajstić information content (AvgIpc) is 3.39. The van der Waals surface area contributed by atoms with E-state index in [1.807, 2.05) is 79.7 Å². The maximum Gasteiger partial charge on any atom is 0.277 e. The Labute approximate surface area is 211 Å². The normalized spacial score (nSPS) is 11.9. The van der Waals surface area contributed by atoms with Crippen LogP contribution in [0.15, 0.2) is 99.4 Å². The van der Waals surface area contributed by atoms with E-state index in [9.17, 15) is 9.59 Å². The Bertz CT molecular complexity index is 1550. The molecule has 0 fully saturated rings. The van der Waals surface area contributed by atoms with Crippen LogP contribution in [0.25, 0.3) is 22.4 Å². The highest BCUT2D eigenvalue weighted by Crippen LogP contribution is 2.26. The quantitative estimate of drug-likeness (QED) is 0.316. The van der Waals surface area contributed by atoms with E-state index >= 15 is 0 Å². The summed E-state index contributed by atoms with van der Waals surface area (Å²) < 4.78 is 7.25. The van der Waals surface area contributed by atoms with Gasteiger partial charge in [0.1, 0.15) is 0 Å². The second-order valence-corrected chi connectivity index (χ2v) is 9.13. The molecule has 2 heterocycles. The Balaban J connectivity index is 1.35. The maximum absolute atomic E-state index is 13.1. The number of carbonyl (C=O) groups is 1. The summed E-state index contributed by atoms with van der Waals surface area (Å²) in [4.78, 5) is 25.5. The summed E-state index contributed by atoms with van der Waals surface area (Å²) in [6, 6.07) is 26.5. The molecule has 180 valence electrons. The summed E-state index contributed by atoms with van der Waals surface area (Å²) in [6.45, 7) is 2.25. The van der Waals surface area contributed by atoms with Crippen LogP contribution in [0.2, 0.25) is 0 Å². The zero-order valence-electron chi connectivity index (χ0n) is 19.5. The highest BCUT2D eigenvalue weighted by atomic mass is 32.2. The van der Waals surface area contributed by atoms with Crippen molar-refractivity contribution in [2.24, 2.45) is 0 Å². The van der Waals surface area contributed by atoms with Crippen LogP contribution in [-0.4, -0.2) is 31.6 Å². The predicted octanol–water partition coefficient (Wildman–Crippen LogP) is 4.46. The van der Waals surface area contributed by atoms with Crippen LogP contribution in [0.4, 0.5) is 0 Å². The van der Waals surface area contributed by atoms with Crippen molar-refractivity contribution < 1.29 is 9.21 Å². The standard InChI is InChI=1S/C27H23N5O3S/c1-18(20-12-6-3-7-13-20)28-23(33)17-36-27-30-29-25(35-27)24-21-14-8-9-15-22(21)26(34)32(31-24)16-19-10-4-2-5-11-19/h2-15,18H,16-17H2,1H3,(H,28,33). The number of carbonyl (C=O) groups excluding carboxylic acids is 1. The lowest BCUT2D eigenvalue weighted by molar-refractivity contribution is -0.119. The van der Waals surface area contributed by atoms with Gasteiger partial charge >= 0.3 is 0 Å². The minimum absolute atomic E-state index is 0.112. The zero-order valence-corrected chi connectivity index (χ0v) is 20.3. The molecule has 1 atom stereocenters. The molecule has 0 radical (unpaired) electrons. The number of amides is 1. The molecule has 36 heavy (non-hydrogen) atoms. The number of fused-ring (bicyclic) bond motifs is 1. The average molecular weight is 498 g/mol. The number of rotatable bonds is 8. The third kappa shape index (κ3) is 5.21. The molecule has 0 aliphatic rings. The van der Waals surface area contributed by atoms with Gasteiger partial charge in [-0.15, -0.1) is 10.2 Å². The van der Waals surface area contributed by atoms with Gasteiger partial charge in [0.25, 0.3) is 16.7 Å². The third-order valence-electron chi connectivity index (χ3n) is 5.66. The summed E-state index contributed by atoms with van der Waals surface area (Å²) >= 11 is 1.15. The van der Waals surface area contributed by atoms with E-state index in [-0.39, 0.29) is 34.4 Å². The summed E-state index contributed by atoms with van der Waals surface area (Å²) in [5.41, 5.74) is 2.20. The van der Waals surface area contributed by atoms with Crippen molar-refractivity contribution in [1.82, 2.24) is 25.3 Å². The van der Waals surface area contributed by atoms with Gasteiger partial charge in [0, 0.05) is 5.39 Å². The van der Waals surface area contributed by atoms with E-state index < -0.39 is 0 Å². The van der Waals surface area contributed by atoms with E-state index in [1.54, 1.807) is 12.1 Å². The van der Waals surface area contributed by atoms with Crippen LogP contribution >= 0.6 is 11.8 Å². The molecule has 1 amide bonds. The summed E-state index contributed by atoms with van der Waals surface area (Å²) in [6.07, 6.45) is 0. The van der Waals surface area contributed by atoms with Crippen molar-refractivity contribution in [2.75, 3.05) is 5.75 Å². The molecule has 1 unspecified atom stereocenters. The molecule has 9 heteroatoms. The van der Waals surface area contributed by atoms with Gasteiger partial charge < -0.3 is 9.73 Å². The first-order chi connectivity index (χ1) is 17.6. The molecule has 0 saturated heterocycles. The zero-order chi connectivity index (χ0) is 24.9. The fourth-order valence-electron chi connectivity index (χ4n) is 3.86. The minimum Gasteiger partial charge on any atom is -0.409 e. The number of thioether (sulfide) groups is 1. The van der Waals surface area contributed by atoms with Gasteiger partial charge in [0.2, 0.25) is 5.91 Å². The molecule has 0 bridgehead atoms. The molecule has 1 N–H and O–H groups in total. The number of nitrogens with one attached hydrogen (secondary N) is 1. The monoisotopic (exact) mass is 497 g/mol. The summed E-state index contributed by atoms with van der Waals surface area (Å²) in [5, 5.41) is 17.2. The molecule has 5 aromatic rings. The molecule has 2 aromatic heterocycles. The van der Waals surface area contributed by atoms with Crippen LogP contribution in [0, 0.1) is 0 Å². The van der Waals surface area contributed by atoms with Crippen LogP contribution in [0.5, 0.6) is 0 Å². The number of nitrogens with zero attached hydrogens (tertiary/aromatic N) is 4. The Morgan fingerprint density at radius 1 is 0.944 bits per heavy atom. The maximum atomic E-state index is 13.1. The smallest absolute Gasteiger partial charge is 0.277 e. The number of hydrogen-bond donors (Lipinski definition) is 1. The van der Waals surface area contributed by atoms with Crippen molar-refractivity contribution in [1.29, 1.82) is 0 Å². The lowest BCUT2D eigenvalue weighted by Gasteiger charge is -2.13. The fraction of sp³-hybridized carbons (Fsp3) is 0.148. The van der Waals surface area contributed by atoms with E-state index in [0.29, 0.717) is 23.0 Å². The van der Waals surface area contributed by atoms with Gasteiger partial charge in [0.15, 0.2) is 5.69 Å². The molecule has 0 spiro atoms. The second-order valence-electron chi connectivity index (χ2n) is 8.20. The topological polar surface area (TPSA) is 103 Å². The molecule has 0 saturated carbocycles. The molecule has 8 nitrogen and oxygen atoms in total. The molecule has 3 aromatic carbocycles. The first kappa shape index (κ1) is 23.5. The molecule has 5 rings (SSSR count). The highest BCUT2D eigenvalue weighted by molar-refractivity contribution is 7.99. The SMILES string of the molecule is CC(NC(=O)CSc1nnc(-c2nn(Cc3ccccc3)c(=O)c3ccccc23)o1)c1ccccc1. The van der Waals surface area contributed by atoms with Gasteiger partial charge in [-0.1, -0.05) is 90.6 Å². The van der Waals surface area contributed by atoms with E-state index in [2.05, 4.69) is 20.6 Å². The van der Waals surface area contributed by atoms with Crippen molar-refractivity contribution in [3.8, 4) is 11.6 Å². The van der Waals surface area contributed by atoms with Crippen LogP contribution < -0.4 is 10.9 Å². The van der Waals surface area contributed by atoms with Gasteiger partial charge in [0.05, 0.1) is 23.7 Å². The van der Waals surface area contributed by atoms with Crippen LogP contribution in [0.3, 0.4) is 0 Å². The Kier molecular flexibility index (Phi) is 6.90. The highest BCUT2D eigenvalue weighted by Gasteiger charge is 2.19. The summed E-state index contributed by atoms with van der Waals surface area (Å²) in [5.74, 6) is 0.171. The van der Waals surface area contributed by atoms with Gasteiger partial charge in [-0.25, -0.2) is 4.68 Å². The Morgan fingerprint density at radius 3 is 2.36 bits per heavy atom. The lowest BCUT2D eigenvalue weighted by Crippen LogP contribution is -2.28. The Morgan fingerprint density at radius 2 is 1.61 bits per heavy atom. The Hall–Kier alpha value is -4.24. The molecular weight excluding hydrogens is 474 g/mol. The number of aromatic nitrogens is 4. The molecule has 0 aliphatic carbocycles. The van der Waals surface area contributed by atoms with Gasteiger partial charge in [-0.2, -0.15) is 5.10 Å². The minimum atomic E-state index is -0.198. The van der Waals surface area contributed by atoms with E-state index in [0.717, 1.165) is 22.9 Å². The van der Waals surface area contributed by atoms with Gasteiger partial charge in [-0.05, 0) is 24.1 Å². The number of benzene rings is 3. The first-order valence-corrected chi connectivity index (χ1v) is 12.4. The molecule has 0 aliphatic heterocycles.